The van der Waals surface area contributed by atoms with E-state index in [2.05, 4.69) is 95.6 Å². The normalized spacial score (nSPS) is 11.9. The first-order valence-corrected chi connectivity index (χ1v) is 17.0. The molecule has 0 bridgehead atoms. The first-order valence-electron chi connectivity index (χ1n) is 17.0. The average Bonchev–Trinajstić information content (AvgIpc) is 3.88. The molecule has 0 aliphatic carbocycles. The Labute approximate surface area is 290 Å². The summed E-state index contributed by atoms with van der Waals surface area (Å²) in [5.74, 6) is 1.68. The fraction of sp³-hybridized carbons (Fsp3) is 0. The van der Waals surface area contributed by atoms with E-state index < -0.39 is 0 Å². The van der Waals surface area contributed by atoms with E-state index in [1.807, 2.05) is 66.7 Å². The molecule has 0 saturated heterocycles. The van der Waals surface area contributed by atoms with E-state index >= 15 is 0 Å². The van der Waals surface area contributed by atoms with Crippen molar-refractivity contribution < 1.29 is 8.83 Å². The lowest BCUT2D eigenvalue weighted by Gasteiger charge is -2.09. The van der Waals surface area contributed by atoms with Crippen LogP contribution >= 0.6 is 0 Å². The highest BCUT2D eigenvalue weighted by Gasteiger charge is 2.22. The van der Waals surface area contributed by atoms with Gasteiger partial charge in [-0.25, -0.2) is 15.0 Å². The quantitative estimate of drug-likeness (QED) is 0.189. The summed E-state index contributed by atoms with van der Waals surface area (Å²) < 4.78 is 15.5. The number of aromatic nitrogens is 4. The second-order valence-electron chi connectivity index (χ2n) is 12.8. The standard InChI is InChI=1S/C45H26N4O2/c1-2-13-27(14-3-1)43-46-44(33-20-12-26-39-40(33)32-17-6-9-25-38(32)50-39)48-45(47-43)34-21-10-18-30-31-19-11-24-37(42(31)51-41(30)34)49-35-22-7-4-15-28(35)29-16-5-8-23-36(29)49/h1-26H. The molecule has 0 spiro atoms. The molecule has 238 valence electrons. The molecule has 0 amide bonds. The van der Waals surface area contributed by atoms with E-state index in [0.717, 1.165) is 77.3 Å². The van der Waals surface area contributed by atoms with Gasteiger partial charge in [-0.1, -0.05) is 121 Å². The highest BCUT2D eigenvalue weighted by atomic mass is 16.3. The van der Waals surface area contributed by atoms with Gasteiger partial charge in [0.25, 0.3) is 0 Å². The number of benzene rings is 7. The zero-order chi connectivity index (χ0) is 33.5. The van der Waals surface area contributed by atoms with Crippen LogP contribution in [0.5, 0.6) is 0 Å². The Balaban J connectivity index is 1.18. The summed E-state index contributed by atoms with van der Waals surface area (Å²) in [6.45, 7) is 0. The van der Waals surface area contributed by atoms with Crippen LogP contribution in [0.3, 0.4) is 0 Å². The van der Waals surface area contributed by atoms with Gasteiger partial charge in [-0.2, -0.15) is 0 Å². The summed E-state index contributed by atoms with van der Waals surface area (Å²) in [7, 11) is 0. The second-order valence-corrected chi connectivity index (χ2v) is 12.8. The molecule has 0 N–H and O–H groups in total. The van der Waals surface area contributed by atoms with Crippen LogP contribution in [-0.4, -0.2) is 19.5 Å². The highest BCUT2D eigenvalue weighted by molar-refractivity contribution is 6.15. The maximum Gasteiger partial charge on any atom is 0.167 e. The molecule has 4 aromatic heterocycles. The van der Waals surface area contributed by atoms with Crippen LogP contribution in [0.4, 0.5) is 0 Å². The maximum atomic E-state index is 6.96. The van der Waals surface area contributed by atoms with Crippen molar-refractivity contribution in [3.05, 3.63) is 158 Å². The van der Waals surface area contributed by atoms with Gasteiger partial charge in [0, 0.05) is 43.4 Å². The highest BCUT2D eigenvalue weighted by Crippen LogP contribution is 2.41. The molecule has 6 heteroatoms. The molecule has 0 atom stereocenters. The summed E-state index contributed by atoms with van der Waals surface area (Å²) in [4.78, 5) is 15.3. The maximum absolute atomic E-state index is 6.96. The first-order chi connectivity index (χ1) is 25.3. The number of furan rings is 2. The van der Waals surface area contributed by atoms with Crippen LogP contribution in [0, 0.1) is 0 Å². The molecule has 0 saturated carbocycles. The lowest BCUT2D eigenvalue weighted by Crippen LogP contribution is -2.00. The fourth-order valence-corrected chi connectivity index (χ4v) is 7.63. The lowest BCUT2D eigenvalue weighted by atomic mass is 10.0. The van der Waals surface area contributed by atoms with E-state index in [-0.39, 0.29) is 0 Å². The van der Waals surface area contributed by atoms with E-state index in [0.29, 0.717) is 17.5 Å². The van der Waals surface area contributed by atoms with Crippen molar-refractivity contribution >= 4 is 65.7 Å². The molecule has 6 nitrogen and oxygen atoms in total. The van der Waals surface area contributed by atoms with Crippen molar-refractivity contribution in [1.82, 2.24) is 19.5 Å². The Bertz CT molecular complexity index is 3100. The average molecular weight is 655 g/mol. The van der Waals surface area contributed by atoms with Crippen molar-refractivity contribution in [2.75, 3.05) is 0 Å². The summed E-state index contributed by atoms with van der Waals surface area (Å²) in [6.07, 6.45) is 0. The molecule has 0 aliphatic heterocycles. The molecule has 7 aromatic carbocycles. The van der Waals surface area contributed by atoms with Crippen LogP contribution in [0.2, 0.25) is 0 Å². The smallest absolute Gasteiger partial charge is 0.167 e. The van der Waals surface area contributed by atoms with Crippen LogP contribution in [0.15, 0.2) is 167 Å². The summed E-state index contributed by atoms with van der Waals surface area (Å²) in [5, 5.41) is 6.42. The Morgan fingerprint density at radius 1 is 0.373 bits per heavy atom. The number of rotatable bonds is 4. The molecule has 4 heterocycles. The van der Waals surface area contributed by atoms with Crippen LogP contribution in [0.25, 0.3) is 106 Å². The summed E-state index contributed by atoms with van der Waals surface area (Å²) in [5.41, 5.74) is 8.94. The van der Waals surface area contributed by atoms with Gasteiger partial charge >= 0.3 is 0 Å². The minimum atomic E-state index is 0.534. The fourth-order valence-electron chi connectivity index (χ4n) is 7.63. The molecule has 0 unspecified atom stereocenters. The third-order valence-electron chi connectivity index (χ3n) is 9.88. The van der Waals surface area contributed by atoms with Gasteiger partial charge in [0.15, 0.2) is 23.1 Å². The monoisotopic (exact) mass is 654 g/mol. The van der Waals surface area contributed by atoms with Gasteiger partial charge in [0.2, 0.25) is 0 Å². The lowest BCUT2D eigenvalue weighted by molar-refractivity contribution is 0.667. The largest absolute Gasteiger partial charge is 0.456 e. The molecule has 11 aromatic rings. The zero-order valence-corrected chi connectivity index (χ0v) is 27.1. The molecule has 0 radical (unpaired) electrons. The Hall–Kier alpha value is -7.05. The number of nitrogens with zero attached hydrogens (tertiary/aromatic N) is 4. The van der Waals surface area contributed by atoms with Gasteiger partial charge in [-0.3, -0.25) is 0 Å². The van der Waals surface area contributed by atoms with Gasteiger partial charge in [-0.15, -0.1) is 0 Å². The van der Waals surface area contributed by atoms with Crippen LogP contribution in [-0.2, 0) is 0 Å². The zero-order valence-electron chi connectivity index (χ0n) is 27.1. The van der Waals surface area contributed by atoms with Crippen LogP contribution < -0.4 is 0 Å². The van der Waals surface area contributed by atoms with Crippen molar-refractivity contribution in [3.63, 3.8) is 0 Å². The molecular formula is C45H26N4O2. The number of hydrogen-bond donors (Lipinski definition) is 0. The molecule has 0 aliphatic rings. The summed E-state index contributed by atoms with van der Waals surface area (Å²) >= 11 is 0. The second kappa shape index (κ2) is 10.7. The van der Waals surface area contributed by atoms with Crippen molar-refractivity contribution in [3.8, 4) is 39.9 Å². The minimum Gasteiger partial charge on any atom is -0.456 e. The Morgan fingerprint density at radius 2 is 0.922 bits per heavy atom. The first kappa shape index (κ1) is 27.9. The SMILES string of the molecule is c1ccc(-c2nc(-c3cccc4c3oc3c(-n5c6ccccc6c6ccccc65)cccc34)nc(-c3cccc4oc5ccccc5c34)n2)cc1. The van der Waals surface area contributed by atoms with E-state index in [1.54, 1.807) is 0 Å². The van der Waals surface area contributed by atoms with Crippen molar-refractivity contribution in [2.45, 2.75) is 0 Å². The summed E-state index contributed by atoms with van der Waals surface area (Å²) in [6, 6.07) is 53.8. The molecule has 11 rings (SSSR count). The molecular weight excluding hydrogens is 629 g/mol. The number of hydrogen-bond acceptors (Lipinski definition) is 5. The molecule has 51 heavy (non-hydrogen) atoms. The van der Waals surface area contributed by atoms with E-state index in [9.17, 15) is 0 Å². The van der Waals surface area contributed by atoms with E-state index in [1.165, 1.54) is 10.8 Å². The number of para-hydroxylation sites is 5. The predicted molar refractivity (Wildman–Crippen MR) is 205 cm³/mol. The topological polar surface area (TPSA) is 69.9 Å². The van der Waals surface area contributed by atoms with Gasteiger partial charge in [0.05, 0.1) is 22.3 Å². The number of fused-ring (bicyclic) bond motifs is 9. The third kappa shape index (κ3) is 4.14. The predicted octanol–water partition coefficient (Wildman–Crippen LogP) is 11.8. The van der Waals surface area contributed by atoms with Crippen molar-refractivity contribution in [2.24, 2.45) is 0 Å². The van der Waals surface area contributed by atoms with Crippen LogP contribution in [0.1, 0.15) is 0 Å². The van der Waals surface area contributed by atoms with Crippen molar-refractivity contribution in [1.29, 1.82) is 0 Å². The third-order valence-corrected chi connectivity index (χ3v) is 9.88. The van der Waals surface area contributed by atoms with Gasteiger partial charge in [0.1, 0.15) is 16.7 Å². The minimum absolute atomic E-state index is 0.534. The van der Waals surface area contributed by atoms with E-state index in [4.69, 9.17) is 23.8 Å². The van der Waals surface area contributed by atoms with Gasteiger partial charge < -0.3 is 13.4 Å². The van der Waals surface area contributed by atoms with Gasteiger partial charge in [-0.05, 0) is 36.4 Å². The molecule has 0 fully saturated rings. The Morgan fingerprint density at radius 3 is 1.71 bits per heavy atom. The Kier molecular flexibility index (Phi) is 5.86.